The number of aromatic nitrogens is 2. The first kappa shape index (κ1) is 18.2. The van der Waals surface area contributed by atoms with Crippen LogP contribution in [-0.2, 0) is 0 Å². The predicted molar refractivity (Wildman–Crippen MR) is 112 cm³/mol. The Morgan fingerprint density at radius 3 is 2.25 bits per heavy atom. The fourth-order valence-electron chi connectivity index (χ4n) is 3.57. The number of para-hydroxylation sites is 2. The van der Waals surface area contributed by atoms with Gasteiger partial charge < -0.3 is 15.1 Å². The third-order valence-electron chi connectivity index (χ3n) is 5.13. The third kappa shape index (κ3) is 3.76. The van der Waals surface area contributed by atoms with Gasteiger partial charge in [-0.25, -0.2) is 9.37 Å². The summed E-state index contributed by atoms with van der Waals surface area (Å²) in [7, 11) is 0. The second-order valence-corrected chi connectivity index (χ2v) is 7.06. The van der Waals surface area contributed by atoms with Crippen molar-refractivity contribution in [2.75, 3.05) is 41.3 Å². The zero-order valence-electron chi connectivity index (χ0n) is 16.2. The van der Waals surface area contributed by atoms with E-state index >= 15 is 0 Å². The Bertz CT molecular complexity index is 946. The lowest BCUT2D eigenvalue weighted by atomic mass is 10.1. The van der Waals surface area contributed by atoms with Gasteiger partial charge in [-0.15, -0.1) is 0 Å². The summed E-state index contributed by atoms with van der Waals surface area (Å²) in [5.74, 6) is 1.30. The molecule has 6 heteroatoms. The molecule has 2 heterocycles. The number of halogens is 1. The van der Waals surface area contributed by atoms with Crippen molar-refractivity contribution in [2.24, 2.45) is 0 Å². The Morgan fingerprint density at radius 1 is 0.857 bits per heavy atom. The molecule has 3 aromatic rings. The van der Waals surface area contributed by atoms with E-state index in [0.29, 0.717) is 11.6 Å². The van der Waals surface area contributed by atoms with Gasteiger partial charge in [0.05, 0.1) is 5.69 Å². The standard InChI is InChI=1S/C22H24FN5/c1-16-6-5-7-17(2)21(16)25-20-10-11-24-22(26-20)28-14-12-27(13-15-28)19-9-4-3-8-18(19)23/h3-11H,12-15H2,1-2H3,(H,24,25,26). The van der Waals surface area contributed by atoms with Crippen LogP contribution in [0.25, 0.3) is 0 Å². The number of benzene rings is 2. The smallest absolute Gasteiger partial charge is 0.227 e. The average molecular weight is 377 g/mol. The van der Waals surface area contributed by atoms with Crippen LogP contribution in [0.15, 0.2) is 54.7 Å². The highest BCUT2D eigenvalue weighted by atomic mass is 19.1. The first-order chi connectivity index (χ1) is 13.6. The normalized spacial score (nSPS) is 14.2. The quantitative estimate of drug-likeness (QED) is 0.734. The van der Waals surface area contributed by atoms with Gasteiger partial charge in [0.2, 0.25) is 5.95 Å². The molecule has 0 atom stereocenters. The molecule has 0 aliphatic carbocycles. The topological polar surface area (TPSA) is 44.3 Å². The number of aryl methyl sites for hydroxylation is 2. The van der Waals surface area contributed by atoms with Crippen molar-refractivity contribution in [3.8, 4) is 0 Å². The Morgan fingerprint density at radius 2 is 1.54 bits per heavy atom. The Hall–Kier alpha value is -3.15. The zero-order valence-corrected chi connectivity index (χ0v) is 16.2. The molecule has 1 fully saturated rings. The van der Waals surface area contributed by atoms with Gasteiger partial charge in [0.15, 0.2) is 0 Å². The van der Waals surface area contributed by atoms with Crippen LogP contribution in [0.5, 0.6) is 0 Å². The van der Waals surface area contributed by atoms with Crippen molar-refractivity contribution in [1.29, 1.82) is 0 Å². The molecule has 144 valence electrons. The maximum atomic E-state index is 14.0. The minimum absolute atomic E-state index is 0.174. The summed E-state index contributed by atoms with van der Waals surface area (Å²) in [6, 6.07) is 15.0. The van der Waals surface area contributed by atoms with E-state index in [-0.39, 0.29) is 5.82 Å². The monoisotopic (exact) mass is 377 g/mol. The summed E-state index contributed by atoms with van der Waals surface area (Å²) in [4.78, 5) is 13.4. The highest BCUT2D eigenvalue weighted by molar-refractivity contribution is 5.64. The fourth-order valence-corrected chi connectivity index (χ4v) is 3.57. The Labute approximate surface area is 164 Å². The summed E-state index contributed by atoms with van der Waals surface area (Å²) in [6.07, 6.45) is 1.78. The van der Waals surface area contributed by atoms with Crippen molar-refractivity contribution in [1.82, 2.24) is 9.97 Å². The van der Waals surface area contributed by atoms with Crippen molar-refractivity contribution in [3.05, 3.63) is 71.7 Å². The largest absolute Gasteiger partial charge is 0.366 e. The van der Waals surface area contributed by atoms with Crippen LogP contribution in [0.2, 0.25) is 0 Å². The maximum absolute atomic E-state index is 14.0. The average Bonchev–Trinajstić information content (AvgIpc) is 2.72. The molecule has 0 saturated carbocycles. The first-order valence-corrected chi connectivity index (χ1v) is 9.52. The minimum Gasteiger partial charge on any atom is -0.366 e. The molecule has 2 aromatic carbocycles. The number of piperazine rings is 1. The fraction of sp³-hybridized carbons (Fsp3) is 0.273. The van der Waals surface area contributed by atoms with Gasteiger partial charge in [0.25, 0.3) is 0 Å². The predicted octanol–water partition coefficient (Wildman–Crippen LogP) is 4.30. The van der Waals surface area contributed by atoms with Gasteiger partial charge >= 0.3 is 0 Å². The van der Waals surface area contributed by atoms with E-state index in [9.17, 15) is 4.39 Å². The molecule has 1 aliphatic rings. The van der Waals surface area contributed by atoms with Gasteiger partial charge in [-0.05, 0) is 43.2 Å². The molecule has 0 amide bonds. The highest BCUT2D eigenvalue weighted by Gasteiger charge is 2.21. The molecule has 5 nitrogen and oxygen atoms in total. The molecular formula is C22H24FN5. The van der Waals surface area contributed by atoms with Crippen molar-refractivity contribution in [3.63, 3.8) is 0 Å². The molecule has 1 saturated heterocycles. The molecule has 28 heavy (non-hydrogen) atoms. The minimum atomic E-state index is -0.174. The van der Waals surface area contributed by atoms with E-state index in [2.05, 4.69) is 52.1 Å². The van der Waals surface area contributed by atoms with Crippen LogP contribution in [0.3, 0.4) is 0 Å². The Balaban J connectivity index is 1.46. The van der Waals surface area contributed by atoms with E-state index in [1.165, 1.54) is 17.2 Å². The van der Waals surface area contributed by atoms with Gasteiger partial charge in [-0.2, -0.15) is 4.98 Å². The van der Waals surface area contributed by atoms with Gasteiger partial charge in [0.1, 0.15) is 11.6 Å². The van der Waals surface area contributed by atoms with E-state index in [1.807, 2.05) is 18.2 Å². The Kier molecular flexibility index (Phi) is 5.10. The molecule has 0 spiro atoms. The van der Waals surface area contributed by atoms with Gasteiger partial charge in [-0.3, -0.25) is 0 Å². The zero-order chi connectivity index (χ0) is 19.5. The maximum Gasteiger partial charge on any atom is 0.227 e. The molecule has 1 N–H and O–H groups in total. The second-order valence-electron chi connectivity index (χ2n) is 7.06. The van der Waals surface area contributed by atoms with E-state index in [4.69, 9.17) is 4.98 Å². The summed E-state index contributed by atoms with van der Waals surface area (Å²) >= 11 is 0. The molecule has 1 aliphatic heterocycles. The molecule has 1 aromatic heterocycles. The molecular weight excluding hydrogens is 353 g/mol. The summed E-state index contributed by atoms with van der Waals surface area (Å²) in [5, 5.41) is 3.42. The highest BCUT2D eigenvalue weighted by Crippen LogP contribution is 2.25. The first-order valence-electron chi connectivity index (χ1n) is 9.52. The summed E-state index contributed by atoms with van der Waals surface area (Å²) in [5.41, 5.74) is 4.10. The van der Waals surface area contributed by atoms with Gasteiger partial charge in [0, 0.05) is 38.1 Å². The third-order valence-corrected chi connectivity index (χ3v) is 5.13. The number of nitrogens with one attached hydrogen (secondary N) is 1. The van der Waals surface area contributed by atoms with Crippen LogP contribution >= 0.6 is 0 Å². The molecule has 0 unspecified atom stereocenters. The number of hydrogen-bond acceptors (Lipinski definition) is 5. The lowest BCUT2D eigenvalue weighted by Gasteiger charge is -2.36. The van der Waals surface area contributed by atoms with Crippen LogP contribution in [0.1, 0.15) is 11.1 Å². The van der Waals surface area contributed by atoms with E-state index in [0.717, 1.165) is 37.7 Å². The van der Waals surface area contributed by atoms with Crippen molar-refractivity contribution >= 4 is 23.1 Å². The summed E-state index contributed by atoms with van der Waals surface area (Å²) < 4.78 is 14.0. The van der Waals surface area contributed by atoms with Gasteiger partial charge in [-0.1, -0.05) is 30.3 Å². The van der Waals surface area contributed by atoms with E-state index < -0.39 is 0 Å². The lowest BCUT2D eigenvalue weighted by Crippen LogP contribution is -2.47. The van der Waals surface area contributed by atoms with Crippen molar-refractivity contribution < 1.29 is 4.39 Å². The second kappa shape index (κ2) is 7.84. The number of nitrogens with zero attached hydrogens (tertiary/aromatic N) is 4. The van der Waals surface area contributed by atoms with Crippen LogP contribution < -0.4 is 15.1 Å². The van der Waals surface area contributed by atoms with Crippen LogP contribution in [-0.4, -0.2) is 36.1 Å². The molecule has 0 bridgehead atoms. The SMILES string of the molecule is Cc1cccc(C)c1Nc1ccnc(N2CCN(c3ccccc3F)CC2)n1. The van der Waals surface area contributed by atoms with Crippen LogP contribution in [0, 0.1) is 19.7 Å². The summed E-state index contributed by atoms with van der Waals surface area (Å²) in [6.45, 7) is 7.14. The molecule has 4 rings (SSSR count). The number of anilines is 4. The van der Waals surface area contributed by atoms with Crippen molar-refractivity contribution in [2.45, 2.75) is 13.8 Å². The number of rotatable bonds is 4. The van der Waals surface area contributed by atoms with Crippen LogP contribution in [0.4, 0.5) is 27.5 Å². The number of hydrogen-bond donors (Lipinski definition) is 1. The lowest BCUT2D eigenvalue weighted by molar-refractivity contribution is 0.594. The van der Waals surface area contributed by atoms with E-state index in [1.54, 1.807) is 12.3 Å². The molecule has 0 radical (unpaired) electrons.